The van der Waals surface area contributed by atoms with Crippen LogP contribution in [0.25, 0.3) is 11.3 Å². The van der Waals surface area contributed by atoms with E-state index in [1.165, 1.54) is 6.07 Å². The van der Waals surface area contributed by atoms with Gasteiger partial charge in [-0.15, -0.1) is 0 Å². The van der Waals surface area contributed by atoms with Gasteiger partial charge in [0.1, 0.15) is 11.6 Å². The lowest BCUT2D eigenvalue weighted by molar-refractivity contribution is -0.193. The predicted octanol–water partition coefficient (Wildman–Crippen LogP) is 6.05. The molecule has 3 aromatic rings. The van der Waals surface area contributed by atoms with Crippen molar-refractivity contribution in [2.45, 2.75) is 56.2 Å². The zero-order valence-corrected chi connectivity index (χ0v) is 28.7. The zero-order chi connectivity index (χ0) is 44.2. The second-order valence-electron chi connectivity index (χ2n) is 11.4. The summed E-state index contributed by atoms with van der Waals surface area (Å²) in [4.78, 5) is 49.9. The SMILES string of the molecule is CN1CCn2c(-c3cccc(F)c3)cnc2C12CCN(Cc1ccccn1)CC2.O=C(O)C(F)(F)F.O=C(O)C(F)(F)F.O=C(O)C(F)(F)F.O=C(O)C(F)(F)F. The maximum Gasteiger partial charge on any atom is 0.490 e. The number of likely N-dealkylation sites (tertiary alicyclic amines) is 1. The molecule has 318 valence electrons. The van der Waals surface area contributed by atoms with Crippen LogP contribution in [-0.2, 0) is 37.8 Å². The van der Waals surface area contributed by atoms with Gasteiger partial charge in [-0.25, -0.2) is 28.6 Å². The molecule has 1 saturated heterocycles. The average molecular weight is 848 g/mol. The van der Waals surface area contributed by atoms with Crippen molar-refractivity contribution in [2.24, 2.45) is 0 Å². The normalized spacial score (nSPS) is 15.4. The van der Waals surface area contributed by atoms with E-state index >= 15 is 0 Å². The molecule has 0 amide bonds. The number of aliphatic carboxylic acids is 4. The highest BCUT2D eigenvalue weighted by molar-refractivity contribution is 5.74. The number of carboxylic acids is 4. The molecule has 1 spiro atoms. The van der Waals surface area contributed by atoms with Gasteiger partial charge >= 0.3 is 48.6 Å². The molecule has 0 saturated carbocycles. The second-order valence-corrected chi connectivity index (χ2v) is 11.4. The van der Waals surface area contributed by atoms with Crippen molar-refractivity contribution in [1.82, 2.24) is 24.3 Å². The number of rotatable bonds is 3. The van der Waals surface area contributed by atoms with Crippen molar-refractivity contribution in [2.75, 3.05) is 26.7 Å². The number of likely N-dealkylation sites (N-methyl/N-ethyl adjacent to an activating group) is 1. The van der Waals surface area contributed by atoms with Gasteiger partial charge in [-0.05, 0) is 44.2 Å². The van der Waals surface area contributed by atoms with Crippen LogP contribution >= 0.6 is 0 Å². The number of piperidine rings is 1. The molecule has 0 radical (unpaired) electrons. The lowest BCUT2D eigenvalue weighted by Crippen LogP contribution is -2.56. The highest BCUT2D eigenvalue weighted by Gasteiger charge is 2.46. The Morgan fingerprint density at radius 1 is 0.667 bits per heavy atom. The van der Waals surface area contributed by atoms with Crippen LogP contribution in [0.15, 0.2) is 54.9 Å². The Hall–Kier alpha value is -5.53. The van der Waals surface area contributed by atoms with Gasteiger partial charge in [0.25, 0.3) is 0 Å². The van der Waals surface area contributed by atoms with E-state index in [0.29, 0.717) is 0 Å². The van der Waals surface area contributed by atoms with E-state index in [1.54, 1.807) is 12.1 Å². The molecule has 4 heterocycles. The number of alkyl halides is 12. The zero-order valence-electron chi connectivity index (χ0n) is 28.7. The average Bonchev–Trinajstić information content (AvgIpc) is 3.53. The summed E-state index contributed by atoms with van der Waals surface area (Å²) in [6, 6.07) is 12.9. The highest BCUT2D eigenvalue weighted by Crippen LogP contribution is 2.41. The molecule has 4 N–H and O–H groups in total. The summed E-state index contributed by atoms with van der Waals surface area (Å²) < 4.78 is 143. The Bertz CT molecular complexity index is 1690. The van der Waals surface area contributed by atoms with E-state index in [4.69, 9.17) is 44.6 Å². The first-order chi connectivity index (χ1) is 25.9. The van der Waals surface area contributed by atoms with Crippen LogP contribution in [0.5, 0.6) is 0 Å². The molecule has 1 aromatic carbocycles. The molecule has 26 heteroatoms. The number of carbonyl (C=O) groups is 4. The fourth-order valence-electron chi connectivity index (χ4n) is 4.89. The first-order valence-corrected chi connectivity index (χ1v) is 15.3. The fraction of sp³-hybridized carbons (Fsp3) is 0.419. The number of halogens is 13. The second kappa shape index (κ2) is 20.1. The van der Waals surface area contributed by atoms with Crippen LogP contribution in [0.4, 0.5) is 57.1 Å². The Kier molecular flexibility index (Phi) is 17.4. The monoisotopic (exact) mass is 847 g/mol. The van der Waals surface area contributed by atoms with Gasteiger partial charge in [0.15, 0.2) is 0 Å². The van der Waals surface area contributed by atoms with Crippen molar-refractivity contribution < 1.29 is 96.7 Å². The molecule has 0 aliphatic carbocycles. The number of benzene rings is 1. The fourth-order valence-corrected chi connectivity index (χ4v) is 4.89. The molecule has 2 aliphatic rings. The van der Waals surface area contributed by atoms with Gasteiger partial charge in [0.2, 0.25) is 0 Å². The van der Waals surface area contributed by atoms with Crippen molar-refractivity contribution in [3.8, 4) is 11.3 Å². The van der Waals surface area contributed by atoms with E-state index in [-0.39, 0.29) is 11.4 Å². The number of fused-ring (bicyclic) bond motifs is 2. The number of hydrogen-bond acceptors (Lipinski definition) is 8. The Balaban J connectivity index is 0.000000473. The summed E-state index contributed by atoms with van der Waals surface area (Å²) in [5.41, 5.74) is 2.99. The Morgan fingerprint density at radius 3 is 1.51 bits per heavy atom. The maximum absolute atomic E-state index is 13.8. The minimum absolute atomic E-state index is 0.0511. The number of imidazole rings is 1. The molecule has 0 unspecified atom stereocenters. The van der Waals surface area contributed by atoms with Crippen LogP contribution in [0, 0.1) is 5.82 Å². The first-order valence-electron chi connectivity index (χ1n) is 15.3. The molecule has 5 rings (SSSR count). The lowest BCUT2D eigenvalue weighted by Gasteiger charge is -2.49. The maximum atomic E-state index is 13.8. The quantitative estimate of drug-likeness (QED) is 0.224. The third-order valence-electron chi connectivity index (χ3n) is 7.55. The third-order valence-corrected chi connectivity index (χ3v) is 7.55. The third kappa shape index (κ3) is 15.9. The van der Waals surface area contributed by atoms with E-state index < -0.39 is 48.6 Å². The van der Waals surface area contributed by atoms with E-state index in [9.17, 15) is 57.1 Å². The van der Waals surface area contributed by atoms with Gasteiger partial charge < -0.3 is 25.0 Å². The van der Waals surface area contributed by atoms with Crippen LogP contribution in [0.2, 0.25) is 0 Å². The van der Waals surface area contributed by atoms with Crippen LogP contribution in [0.1, 0.15) is 24.4 Å². The predicted molar refractivity (Wildman–Crippen MR) is 165 cm³/mol. The van der Waals surface area contributed by atoms with Gasteiger partial charge in [-0.2, -0.15) is 52.7 Å². The van der Waals surface area contributed by atoms with Crippen LogP contribution in [-0.4, -0.2) is 120 Å². The van der Waals surface area contributed by atoms with Gasteiger partial charge in [-0.1, -0.05) is 18.2 Å². The Morgan fingerprint density at radius 2 is 1.12 bits per heavy atom. The molecule has 13 nitrogen and oxygen atoms in total. The molecule has 0 bridgehead atoms. The number of hydrogen-bond donors (Lipinski definition) is 4. The van der Waals surface area contributed by atoms with Crippen molar-refractivity contribution in [3.05, 3.63) is 72.2 Å². The molecule has 1 fully saturated rings. The van der Waals surface area contributed by atoms with Crippen LogP contribution in [0.3, 0.4) is 0 Å². The minimum atomic E-state index is -5.08. The molecular weight excluding hydrogens is 817 g/mol. The number of aromatic nitrogens is 3. The van der Waals surface area contributed by atoms with E-state index in [2.05, 4.69) is 32.5 Å². The van der Waals surface area contributed by atoms with E-state index in [1.807, 2.05) is 30.6 Å². The lowest BCUT2D eigenvalue weighted by atomic mass is 9.83. The molecule has 0 atom stereocenters. The standard InChI is InChI=1S/C23H26FN5.4C2HF3O2/c1-27-13-14-29-21(18-5-4-6-19(24)15-18)16-26-22(29)23(27)8-11-28(12-9-23)17-20-7-2-3-10-25-20;4*3-2(4,5)1(6)7/h2-7,10,15-16H,8-9,11-14,17H2,1H3;4*(H,6,7). The summed E-state index contributed by atoms with van der Waals surface area (Å²) in [5.74, 6) is -10.1. The first kappa shape index (κ1) is 49.5. The van der Waals surface area contributed by atoms with E-state index in [0.717, 1.165) is 68.3 Å². The largest absolute Gasteiger partial charge is 0.490 e. The van der Waals surface area contributed by atoms with Gasteiger partial charge in [-0.3, -0.25) is 14.8 Å². The summed E-state index contributed by atoms with van der Waals surface area (Å²) >= 11 is 0. The summed E-state index contributed by atoms with van der Waals surface area (Å²) in [5, 5.41) is 28.5. The summed E-state index contributed by atoms with van der Waals surface area (Å²) in [6.07, 6.45) is -14.5. The topological polar surface area (TPSA) is 186 Å². The van der Waals surface area contributed by atoms with Crippen molar-refractivity contribution in [1.29, 1.82) is 0 Å². The summed E-state index contributed by atoms with van der Waals surface area (Å²) in [6.45, 7) is 4.79. The van der Waals surface area contributed by atoms with Crippen molar-refractivity contribution in [3.63, 3.8) is 0 Å². The minimum Gasteiger partial charge on any atom is -0.475 e. The molecule has 2 aromatic heterocycles. The summed E-state index contributed by atoms with van der Waals surface area (Å²) in [7, 11) is 2.22. The van der Waals surface area contributed by atoms with Crippen molar-refractivity contribution >= 4 is 23.9 Å². The number of pyridine rings is 1. The number of nitrogens with zero attached hydrogens (tertiary/aromatic N) is 5. The highest BCUT2D eigenvalue weighted by atomic mass is 19.4. The number of carboxylic acid groups (broad SMARTS) is 4. The smallest absolute Gasteiger partial charge is 0.475 e. The van der Waals surface area contributed by atoms with Gasteiger partial charge in [0, 0.05) is 44.5 Å². The molecule has 57 heavy (non-hydrogen) atoms. The van der Waals surface area contributed by atoms with Crippen LogP contribution < -0.4 is 0 Å². The van der Waals surface area contributed by atoms with Gasteiger partial charge in [0.05, 0.1) is 23.1 Å². The molecular formula is C31H30F13N5O8. The Labute approximate surface area is 311 Å². The molecule has 2 aliphatic heterocycles.